The molecule has 3 rings (SSSR count). The normalized spacial score (nSPS) is 10.5. The molecule has 1 aromatic heterocycles. The van der Waals surface area contributed by atoms with Gasteiger partial charge in [0.25, 0.3) is 5.91 Å². The van der Waals surface area contributed by atoms with Gasteiger partial charge in [0, 0.05) is 11.9 Å². The van der Waals surface area contributed by atoms with Gasteiger partial charge >= 0.3 is 5.97 Å². The first kappa shape index (κ1) is 20.0. The van der Waals surface area contributed by atoms with Gasteiger partial charge in [0.1, 0.15) is 5.69 Å². The molecule has 0 atom stereocenters. The standard InChI is InChI=1S/C22H22N4O3/c1-14(2)15-8-10-16(11-9-15)24-22-23-13-12-19(26-22)20(27)25-18-7-5-4-6-17(18)21(28)29-3/h4-14H,1-3H3,(H,25,27)(H,23,24,26). The maximum atomic E-state index is 12.6. The topological polar surface area (TPSA) is 93.2 Å². The molecule has 0 saturated carbocycles. The van der Waals surface area contributed by atoms with E-state index in [1.807, 2.05) is 24.3 Å². The van der Waals surface area contributed by atoms with E-state index in [0.717, 1.165) is 5.69 Å². The molecular formula is C22H22N4O3. The summed E-state index contributed by atoms with van der Waals surface area (Å²) in [6.45, 7) is 4.26. The lowest BCUT2D eigenvalue weighted by atomic mass is 10.0. The average molecular weight is 390 g/mol. The number of nitrogens with one attached hydrogen (secondary N) is 2. The number of carbonyl (C=O) groups excluding carboxylic acids is 2. The first-order valence-electron chi connectivity index (χ1n) is 9.16. The van der Waals surface area contributed by atoms with Crippen molar-refractivity contribution in [1.29, 1.82) is 0 Å². The van der Waals surface area contributed by atoms with E-state index in [0.29, 0.717) is 17.6 Å². The van der Waals surface area contributed by atoms with Crippen molar-refractivity contribution in [3.63, 3.8) is 0 Å². The maximum absolute atomic E-state index is 12.6. The molecule has 2 aromatic carbocycles. The molecule has 2 N–H and O–H groups in total. The summed E-state index contributed by atoms with van der Waals surface area (Å²) >= 11 is 0. The van der Waals surface area contributed by atoms with E-state index >= 15 is 0 Å². The monoisotopic (exact) mass is 390 g/mol. The van der Waals surface area contributed by atoms with Crippen molar-refractivity contribution in [2.75, 3.05) is 17.7 Å². The predicted octanol–water partition coefficient (Wildman–Crippen LogP) is 4.38. The lowest BCUT2D eigenvalue weighted by Crippen LogP contribution is -2.17. The van der Waals surface area contributed by atoms with E-state index in [1.165, 1.54) is 24.9 Å². The van der Waals surface area contributed by atoms with Gasteiger partial charge < -0.3 is 15.4 Å². The van der Waals surface area contributed by atoms with Crippen LogP contribution in [0.4, 0.5) is 17.3 Å². The number of carbonyl (C=O) groups is 2. The van der Waals surface area contributed by atoms with Gasteiger partial charge in [0.05, 0.1) is 18.4 Å². The fraction of sp³-hybridized carbons (Fsp3) is 0.182. The number of nitrogens with zero attached hydrogens (tertiary/aromatic N) is 2. The van der Waals surface area contributed by atoms with Gasteiger partial charge in [-0.05, 0) is 41.8 Å². The summed E-state index contributed by atoms with van der Waals surface area (Å²) in [6.07, 6.45) is 1.50. The molecule has 7 nitrogen and oxygen atoms in total. The Balaban J connectivity index is 1.76. The number of hydrogen-bond acceptors (Lipinski definition) is 6. The highest BCUT2D eigenvalue weighted by molar-refractivity contribution is 6.07. The lowest BCUT2D eigenvalue weighted by Gasteiger charge is -2.10. The zero-order valence-corrected chi connectivity index (χ0v) is 16.5. The van der Waals surface area contributed by atoms with E-state index in [9.17, 15) is 9.59 Å². The Morgan fingerprint density at radius 2 is 1.72 bits per heavy atom. The van der Waals surface area contributed by atoms with E-state index in [-0.39, 0.29) is 11.3 Å². The van der Waals surface area contributed by atoms with Gasteiger partial charge in [-0.3, -0.25) is 4.79 Å². The molecule has 29 heavy (non-hydrogen) atoms. The Hall–Kier alpha value is -3.74. The van der Waals surface area contributed by atoms with Gasteiger partial charge in [-0.2, -0.15) is 0 Å². The van der Waals surface area contributed by atoms with Crippen molar-refractivity contribution < 1.29 is 14.3 Å². The van der Waals surface area contributed by atoms with Crippen LogP contribution in [0.25, 0.3) is 0 Å². The van der Waals surface area contributed by atoms with Crippen LogP contribution in [0, 0.1) is 0 Å². The van der Waals surface area contributed by atoms with E-state index in [1.54, 1.807) is 24.3 Å². The predicted molar refractivity (Wildman–Crippen MR) is 112 cm³/mol. The number of anilines is 3. The number of methoxy groups -OCH3 is 1. The smallest absolute Gasteiger partial charge is 0.339 e. The van der Waals surface area contributed by atoms with Gasteiger partial charge in [-0.25, -0.2) is 14.8 Å². The highest BCUT2D eigenvalue weighted by Crippen LogP contribution is 2.20. The summed E-state index contributed by atoms with van der Waals surface area (Å²) in [5, 5.41) is 5.79. The molecule has 0 radical (unpaired) electrons. The highest BCUT2D eigenvalue weighted by atomic mass is 16.5. The Morgan fingerprint density at radius 3 is 2.41 bits per heavy atom. The number of benzene rings is 2. The third-order valence-electron chi connectivity index (χ3n) is 4.30. The number of ether oxygens (including phenoxy) is 1. The van der Waals surface area contributed by atoms with Crippen LogP contribution in [0.5, 0.6) is 0 Å². The number of para-hydroxylation sites is 1. The summed E-state index contributed by atoms with van der Waals surface area (Å²) in [5.41, 5.74) is 2.83. The molecule has 0 aliphatic heterocycles. The van der Waals surface area contributed by atoms with Crippen molar-refractivity contribution in [3.05, 3.63) is 77.6 Å². The second-order valence-corrected chi connectivity index (χ2v) is 6.66. The van der Waals surface area contributed by atoms with Gasteiger partial charge in [0.2, 0.25) is 5.95 Å². The molecule has 1 heterocycles. The summed E-state index contributed by atoms with van der Waals surface area (Å²) in [6, 6.07) is 16.1. The molecule has 3 aromatic rings. The van der Waals surface area contributed by atoms with Gasteiger partial charge in [-0.1, -0.05) is 38.1 Å². The minimum Gasteiger partial charge on any atom is -0.465 e. The summed E-state index contributed by atoms with van der Waals surface area (Å²) in [7, 11) is 1.29. The van der Waals surface area contributed by atoms with Crippen LogP contribution < -0.4 is 10.6 Å². The molecule has 0 spiro atoms. The minimum atomic E-state index is -0.532. The number of rotatable bonds is 6. The molecule has 1 amide bonds. The SMILES string of the molecule is COC(=O)c1ccccc1NC(=O)c1ccnc(Nc2ccc(C(C)C)cc2)n1. The second-order valence-electron chi connectivity index (χ2n) is 6.66. The molecule has 0 aliphatic carbocycles. The maximum Gasteiger partial charge on any atom is 0.339 e. The molecule has 0 aliphatic rings. The largest absolute Gasteiger partial charge is 0.465 e. The summed E-state index contributed by atoms with van der Waals surface area (Å²) in [4.78, 5) is 32.9. The summed E-state index contributed by atoms with van der Waals surface area (Å²) in [5.74, 6) is -0.242. The van der Waals surface area contributed by atoms with Crippen molar-refractivity contribution >= 4 is 29.2 Å². The fourth-order valence-corrected chi connectivity index (χ4v) is 2.69. The number of hydrogen-bond donors (Lipinski definition) is 2. The average Bonchev–Trinajstić information content (AvgIpc) is 2.74. The first-order valence-corrected chi connectivity index (χ1v) is 9.16. The molecular weight excluding hydrogens is 368 g/mol. The number of esters is 1. The third-order valence-corrected chi connectivity index (χ3v) is 4.30. The van der Waals surface area contributed by atoms with Gasteiger partial charge in [0.15, 0.2) is 0 Å². The zero-order valence-electron chi connectivity index (χ0n) is 16.5. The quantitative estimate of drug-likeness (QED) is 0.607. The van der Waals surface area contributed by atoms with Crippen molar-refractivity contribution in [3.8, 4) is 0 Å². The van der Waals surface area contributed by atoms with E-state index in [4.69, 9.17) is 4.74 Å². The summed E-state index contributed by atoms with van der Waals surface area (Å²) < 4.78 is 4.75. The molecule has 148 valence electrons. The van der Waals surface area contributed by atoms with Crippen LogP contribution in [0.3, 0.4) is 0 Å². The molecule has 0 fully saturated rings. The molecule has 0 bridgehead atoms. The minimum absolute atomic E-state index is 0.168. The molecule has 0 saturated heterocycles. The Kier molecular flexibility index (Phi) is 6.19. The van der Waals surface area contributed by atoms with Crippen LogP contribution in [-0.2, 0) is 4.74 Å². The van der Waals surface area contributed by atoms with Gasteiger partial charge in [-0.15, -0.1) is 0 Å². The van der Waals surface area contributed by atoms with Crippen LogP contribution in [-0.4, -0.2) is 29.0 Å². The fourth-order valence-electron chi connectivity index (χ4n) is 2.69. The van der Waals surface area contributed by atoms with Crippen molar-refractivity contribution in [2.45, 2.75) is 19.8 Å². The molecule has 0 unspecified atom stereocenters. The Bertz CT molecular complexity index is 1020. The van der Waals surface area contributed by atoms with E-state index in [2.05, 4.69) is 34.4 Å². The Morgan fingerprint density at radius 1 is 1.00 bits per heavy atom. The van der Waals surface area contributed by atoms with Crippen LogP contribution in [0.2, 0.25) is 0 Å². The van der Waals surface area contributed by atoms with Crippen LogP contribution in [0.15, 0.2) is 60.8 Å². The van der Waals surface area contributed by atoms with Crippen molar-refractivity contribution in [1.82, 2.24) is 9.97 Å². The van der Waals surface area contributed by atoms with Crippen molar-refractivity contribution in [2.24, 2.45) is 0 Å². The number of amides is 1. The third kappa shape index (κ3) is 4.95. The first-order chi connectivity index (χ1) is 14.0. The Labute approximate surface area is 169 Å². The van der Waals surface area contributed by atoms with Crippen LogP contribution in [0.1, 0.15) is 46.2 Å². The van der Waals surface area contributed by atoms with Crippen LogP contribution >= 0.6 is 0 Å². The molecule has 7 heteroatoms. The highest BCUT2D eigenvalue weighted by Gasteiger charge is 2.15. The second kappa shape index (κ2) is 8.97. The zero-order chi connectivity index (χ0) is 20.8. The number of aromatic nitrogens is 2. The van der Waals surface area contributed by atoms with E-state index < -0.39 is 11.9 Å². The lowest BCUT2D eigenvalue weighted by molar-refractivity contribution is 0.0602.